The Labute approximate surface area is 272 Å². The summed E-state index contributed by atoms with van der Waals surface area (Å²) in [6.07, 6.45) is 0. The molecule has 2 aliphatic rings. The summed E-state index contributed by atoms with van der Waals surface area (Å²) >= 11 is 11.8. The summed E-state index contributed by atoms with van der Waals surface area (Å²) in [4.78, 5) is 57.8. The van der Waals surface area contributed by atoms with Crippen molar-refractivity contribution < 1.29 is 19.1 Å². The second kappa shape index (κ2) is 11.6. The van der Waals surface area contributed by atoms with Crippen molar-refractivity contribution in [1.82, 2.24) is 4.98 Å². The van der Waals surface area contributed by atoms with E-state index < -0.39 is 17.1 Å². The fraction of sp³-hybridized carbons (Fsp3) is 0.125. The summed E-state index contributed by atoms with van der Waals surface area (Å²) in [7, 11) is 0. The van der Waals surface area contributed by atoms with Gasteiger partial charge in [-0.2, -0.15) is 0 Å². The molecule has 2 aliphatic heterocycles. The number of carbonyl (C=O) groups is 3. The third-order valence-corrected chi connectivity index (χ3v) is 10.8. The number of hydrogen-bond donors (Lipinski definition) is 2. The number of H-pyrrole nitrogens is 1. The van der Waals surface area contributed by atoms with E-state index in [1.165, 1.54) is 16.7 Å². The van der Waals surface area contributed by atoms with E-state index in [-0.39, 0.29) is 29.2 Å². The zero-order valence-corrected chi connectivity index (χ0v) is 26.6. The summed E-state index contributed by atoms with van der Waals surface area (Å²) in [6, 6.07) is 25.2. The summed E-state index contributed by atoms with van der Waals surface area (Å²) in [5.41, 5.74) is 1.67. The molecule has 2 N–H and O–H groups in total. The number of carbonyl (C=O) groups excluding carboxylic acids is 3. The number of nitrogens with zero attached hydrogens (tertiary/aromatic N) is 1. The molecular formula is C32H21BrClN3O5S2. The first-order valence-corrected chi connectivity index (χ1v) is 16.4. The fourth-order valence-corrected chi connectivity index (χ4v) is 8.77. The van der Waals surface area contributed by atoms with Gasteiger partial charge >= 0.3 is 4.87 Å². The smallest absolute Gasteiger partial charge is 0.305 e. The van der Waals surface area contributed by atoms with Gasteiger partial charge in [0.25, 0.3) is 5.91 Å². The molecule has 2 unspecified atom stereocenters. The number of thiazole rings is 1. The van der Waals surface area contributed by atoms with Gasteiger partial charge in [-0.3, -0.25) is 19.2 Å². The van der Waals surface area contributed by atoms with E-state index in [1.54, 1.807) is 36.4 Å². The van der Waals surface area contributed by atoms with E-state index in [2.05, 4.69) is 26.2 Å². The van der Waals surface area contributed by atoms with Gasteiger partial charge < -0.3 is 15.0 Å². The first-order chi connectivity index (χ1) is 21.3. The molecule has 12 heteroatoms. The Kier molecular flexibility index (Phi) is 7.57. The first-order valence-electron chi connectivity index (χ1n) is 13.5. The maximum Gasteiger partial charge on any atom is 0.305 e. The average Bonchev–Trinajstić information content (AvgIpc) is 3.51. The van der Waals surface area contributed by atoms with Gasteiger partial charge in [0.2, 0.25) is 11.8 Å². The van der Waals surface area contributed by atoms with Crippen LogP contribution >= 0.6 is 50.6 Å². The average molecular weight is 707 g/mol. The molecule has 44 heavy (non-hydrogen) atoms. The highest BCUT2D eigenvalue weighted by atomic mass is 79.9. The number of rotatable bonds is 6. The van der Waals surface area contributed by atoms with Crippen molar-refractivity contribution in [3.63, 3.8) is 0 Å². The molecule has 8 nitrogen and oxygen atoms in total. The Hall–Kier alpha value is -3.90. The molecule has 0 spiro atoms. The summed E-state index contributed by atoms with van der Waals surface area (Å²) < 4.78 is 6.81. The molecule has 3 amide bonds. The minimum Gasteiger partial charge on any atom is -0.483 e. The van der Waals surface area contributed by atoms with Crippen LogP contribution < -0.4 is 19.8 Å². The second-order valence-corrected chi connectivity index (χ2v) is 13.8. The Balaban J connectivity index is 1.23. The number of aromatic nitrogens is 1. The number of anilines is 2. The maximum atomic E-state index is 14.1. The third-order valence-electron chi connectivity index (χ3n) is 7.64. The van der Waals surface area contributed by atoms with Gasteiger partial charge in [0, 0.05) is 36.9 Å². The lowest BCUT2D eigenvalue weighted by Crippen LogP contribution is -2.32. The van der Waals surface area contributed by atoms with E-state index in [0.717, 1.165) is 22.1 Å². The maximum absolute atomic E-state index is 14.1. The molecule has 7 rings (SSSR count). The van der Waals surface area contributed by atoms with Crippen LogP contribution in [0.1, 0.15) is 16.4 Å². The number of ether oxygens (including phenoxy) is 1. The van der Waals surface area contributed by atoms with E-state index in [9.17, 15) is 19.2 Å². The zero-order chi connectivity index (χ0) is 30.5. The SMILES string of the molecule is O=C(COc1ccc(Br)cc1[C@H]1c2sc(=O)[nH]c2SC2C(=O)N(c3ccc(Cl)cc3)C(=O)C21)Nc1cccc2ccccc12. The van der Waals surface area contributed by atoms with Crippen LogP contribution in [0.5, 0.6) is 5.75 Å². The molecule has 0 bridgehead atoms. The van der Waals surface area contributed by atoms with E-state index in [0.29, 0.717) is 42.1 Å². The highest BCUT2D eigenvalue weighted by molar-refractivity contribution is 9.10. The molecule has 220 valence electrons. The highest BCUT2D eigenvalue weighted by Crippen LogP contribution is 2.54. The van der Waals surface area contributed by atoms with Crippen LogP contribution in [0.3, 0.4) is 0 Å². The molecule has 1 aromatic heterocycles. The molecule has 0 radical (unpaired) electrons. The van der Waals surface area contributed by atoms with Gasteiger partial charge in [-0.1, -0.05) is 87.0 Å². The molecular weight excluding hydrogens is 686 g/mol. The van der Waals surface area contributed by atoms with Crippen LogP contribution in [0.15, 0.2) is 99.2 Å². The fourth-order valence-electron chi connectivity index (χ4n) is 5.75. The van der Waals surface area contributed by atoms with E-state index in [4.69, 9.17) is 16.3 Å². The number of imide groups is 1. The predicted molar refractivity (Wildman–Crippen MR) is 176 cm³/mol. The van der Waals surface area contributed by atoms with Gasteiger partial charge in [0.05, 0.1) is 16.6 Å². The summed E-state index contributed by atoms with van der Waals surface area (Å²) in [6.45, 7) is -0.298. The Morgan fingerprint density at radius 2 is 1.75 bits per heavy atom. The molecule has 0 saturated carbocycles. The standard InChI is InChI=1S/C32H21BrClN3O5S2/c33-17-8-13-23(42-15-24(38)35-22-7-3-5-16-4-1-2-6-20(16)22)21(14-17)25-26-28(43-29-27(25)44-32(41)36-29)31(40)37(30(26)39)19-11-9-18(34)10-12-19/h1-14,25-26,28H,15H2,(H,35,38)(H,36,41)/t25-,26?,28?/m1/s1. The lowest BCUT2D eigenvalue weighted by atomic mass is 9.82. The summed E-state index contributed by atoms with van der Waals surface area (Å²) in [5, 5.41) is 5.08. The monoisotopic (exact) mass is 705 g/mol. The van der Waals surface area contributed by atoms with Crippen molar-refractivity contribution in [2.45, 2.75) is 16.2 Å². The third kappa shape index (κ3) is 5.13. The number of hydrogen-bond acceptors (Lipinski definition) is 7. The van der Waals surface area contributed by atoms with Gasteiger partial charge in [0.15, 0.2) is 6.61 Å². The van der Waals surface area contributed by atoms with Crippen molar-refractivity contribution in [1.29, 1.82) is 0 Å². The quantitative estimate of drug-likeness (QED) is 0.188. The summed E-state index contributed by atoms with van der Waals surface area (Å²) in [5.74, 6) is -2.24. The van der Waals surface area contributed by atoms with Crippen LogP contribution in [0.4, 0.5) is 11.4 Å². The molecule has 1 saturated heterocycles. The molecule has 0 aliphatic carbocycles. The normalized spacial score (nSPS) is 19.1. The number of amides is 3. The Morgan fingerprint density at radius 3 is 2.57 bits per heavy atom. The molecule has 3 atom stereocenters. The van der Waals surface area contributed by atoms with Crippen LogP contribution in [-0.2, 0) is 14.4 Å². The van der Waals surface area contributed by atoms with Crippen molar-refractivity contribution in [3.8, 4) is 5.75 Å². The number of thioether (sulfide) groups is 1. The van der Waals surface area contributed by atoms with Crippen LogP contribution in [0.2, 0.25) is 5.02 Å². The van der Waals surface area contributed by atoms with E-state index in [1.807, 2.05) is 48.5 Å². The molecule has 5 aromatic rings. The van der Waals surface area contributed by atoms with Crippen molar-refractivity contribution in [2.75, 3.05) is 16.8 Å². The number of aromatic amines is 1. The van der Waals surface area contributed by atoms with Gasteiger partial charge in [-0.25, -0.2) is 4.90 Å². The number of nitrogens with one attached hydrogen (secondary N) is 2. The van der Waals surface area contributed by atoms with E-state index >= 15 is 0 Å². The molecule has 1 fully saturated rings. The van der Waals surface area contributed by atoms with Gasteiger partial charge in [0.1, 0.15) is 11.0 Å². The largest absolute Gasteiger partial charge is 0.483 e. The number of fused-ring (bicyclic) bond motifs is 3. The van der Waals surface area contributed by atoms with Crippen LogP contribution in [0.25, 0.3) is 10.8 Å². The minimum absolute atomic E-state index is 0.283. The highest BCUT2D eigenvalue weighted by Gasteiger charge is 2.56. The number of benzene rings is 4. The lowest BCUT2D eigenvalue weighted by Gasteiger charge is -2.31. The molecule has 4 aromatic carbocycles. The number of halogens is 2. The Bertz CT molecular complexity index is 2020. The topological polar surface area (TPSA) is 109 Å². The van der Waals surface area contributed by atoms with Gasteiger partial charge in [-0.15, -0.1) is 0 Å². The van der Waals surface area contributed by atoms with Gasteiger partial charge in [-0.05, 0) is 53.9 Å². The van der Waals surface area contributed by atoms with Crippen molar-refractivity contribution >= 4 is 90.5 Å². The zero-order valence-electron chi connectivity index (χ0n) is 22.6. The van der Waals surface area contributed by atoms with Crippen molar-refractivity contribution in [3.05, 3.63) is 115 Å². The second-order valence-electron chi connectivity index (χ2n) is 10.3. The first kappa shape index (κ1) is 28.8. The Morgan fingerprint density at radius 1 is 0.977 bits per heavy atom. The minimum atomic E-state index is -0.816. The lowest BCUT2D eigenvalue weighted by molar-refractivity contribution is -0.122. The van der Waals surface area contributed by atoms with Crippen LogP contribution in [-0.4, -0.2) is 34.6 Å². The molecule has 3 heterocycles. The van der Waals surface area contributed by atoms with Crippen molar-refractivity contribution in [2.24, 2.45) is 5.92 Å². The van der Waals surface area contributed by atoms with Crippen LogP contribution in [0, 0.1) is 5.92 Å². The predicted octanol–water partition coefficient (Wildman–Crippen LogP) is 6.82.